The maximum absolute atomic E-state index is 12.3. The van der Waals surface area contributed by atoms with Gasteiger partial charge in [0.05, 0.1) is 23.0 Å². The molecule has 4 nitrogen and oxygen atoms in total. The Morgan fingerprint density at radius 2 is 2.15 bits per heavy atom. The van der Waals surface area contributed by atoms with E-state index in [4.69, 9.17) is 0 Å². The third-order valence-corrected chi connectivity index (χ3v) is 4.18. The lowest BCUT2D eigenvalue weighted by Gasteiger charge is -2.18. The van der Waals surface area contributed by atoms with E-state index >= 15 is 0 Å². The van der Waals surface area contributed by atoms with Crippen molar-refractivity contribution in [2.75, 3.05) is 5.32 Å². The van der Waals surface area contributed by atoms with Crippen molar-refractivity contribution in [1.82, 2.24) is 9.78 Å². The molecule has 5 heteroatoms. The van der Waals surface area contributed by atoms with Crippen LogP contribution in [0.5, 0.6) is 0 Å². The van der Waals surface area contributed by atoms with Crippen LogP contribution in [0.15, 0.2) is 17.8 Å². The Labute approximate surface area is 123 Å². The van der Waals surface area contributed by atoms with E-state index in [9.17, 15) is 4.79 Å². The molecule has 0 spiro atoms. The Hall–Kier alpha value is -1.62. The van der Waals surface area contributed by atoms with Gasteiger partial charge in [0.2, 0.25) is 0 Å². The molecule has 0 aliphatic rings. The van der Waals surface area contributed by atoms with Crippen molar-refractivity contribution in [2.24, 2.45) is 0 Å². The number of anilines is 1. The second-order valence-electron chi connectivity index (χ2n) is 5.84. The van der Waals surface area contributed by atoms with Crippen molar-refractivity contribution < 1.29 is 4.79 Å². The number of hydrogen-bond donors (Lipinski definition) is 1. The molecule has 2 rings (SSSR count). The number of carbonyl (C=O) groups excluding carboxylic acids is 1. The minimum absolute atomic E-state index is 0.0559. The summed E-state index contributed by atoms with van der Waals surface area (Å²) in [6.07, 6.45) is 4.43. The van der Waals surface area contributed by atoms with Crippen LogP contribution in [0.2, 0.25) is 0 Å². The summed E-state index contributed by atoms with van der Waals surface area (Å²) < 4.78 is 1.85. The molecule has 0 aliphatic heterocycles. The highest BCUT2D eigenvalue weighted by Crippen LogP contribution is 2.23. The first-order valence-electron chi connectivity index (χ1n) is 6.76. The molecule has 0 saturated carbocycles. The van der Waals surface area contributed by atoms with Gasteiger partial charge in [0.25, 0.3) is 5.91 Å². The highest BCUT2D eigenvalue weighted by atomic mass is 32.1. The molecule has 0 fully saturated rings. The van der Waals surface area contributed by atoms with Gasteiger partial charge in [-0.15, -0.1) is 11.3 Å². The van der Waals surface area contributed by atoms with Gasteiger partial charge in [-0.3, -0.25) is 9.48 Å². The molecule has 0 aromatic carbocycles. The van der Waals surface area contributed by atoms with Crippen LogP contribution in [0, 0.1) is 6.92 Å². The number of carbonyl (C=O) groups is 1. The van der Waals surface area contributed by atoms with Gasteiger partial charge in [-0.1, -0.05) is 6.92 Å². The van der Waals surface area contributed by atoms with Crippen LogP contribution in [0.1, 0.15) is 48.5 Å². The zero-order valence-corrected chi connectivity index (χ0v) is 13.5. The number of thiophene rings is 1. The zero-order valence-electron chi connectivity index (χ0n) is 12.7. The lowest BCUT2D eigenvalue weighted by molar-refractivity contribution is 0.102. The summed E-state index contributed by atoms with van der Waals surface area (Å²) in [4.78, 5) is 13.5. The number of aryl methyl sites for hydroxylation is 1. The van der Waals surface area contributed by atoms with E-state index in [-0.39, 0.29) is 11.4 Å². The molecular weight excluding hydrogens is 270 g/mol. The van der Waals surface area contributed by atoms with E-state index < -0.39 is 0 Å². The SMILES string of the molecule is CCc1c(C(=O)Nc2cnn(C(C)(C)C)c2)csc1C. The Morgan fingerprint density at radius 1 is 1.45 bits per heavy atom. The summed E-state index contributed by atoms with van der Waals surface area (Å²) >= 11 is 1.62. The van der Waals surface area contributed by atoms with Gasteiger partial charge < -0.3 is 5.32 Å². The summed E-state index contributed by atoms with van der Waals surface area (Å²) in [5, 5.41) is 9.14. The van der Waals surface area contributed by atoms with E-state index in [2.05, 4.69) is 45.0 Å². The summed E-state index contributed by atoms with van der Waals surface area (Å²) in [6, 6.07) is 0. The van der Waals surface area contributed by atoms with Crippen molar-refractivity contribution in [1.29, 1.82) is 0 Å². The second-order valence-corrected chi connectivity index (χ2v) is 6.92. The molecule has 0 atom stereocenters. The van der Waals surface area contributed by atoms with Crippen LogP contribution < -0.4 is 5.32 Å². The Kier molecular flexibility index (Phi) is 3.99. The molecule has 1 amide bonds. The van der Waals surface area contributed by atoms with Crippen LogP contribution >= 0.6 is 11.3 Å². The van der Waals surface area contributed by atoms with Crippen LogP contribution in [-0.2, 0) is 12.0 Å². The molecule has 20 heavy (non-hydrogen) atoms. The van der Waals surface area contributed by atoms with Gasteiger partial charge in [-0.05, 0) is 39.7 Å². The van der Waals surface area contributed by atoms with Crippen molar-refractivity contribution in [3.8, 4) is 0 Å². The normalized spacial score (nSPS) is 11.7. The molecule has 1 N–H and O–H groups in total. The van der Waals surface area contributed by atoms with Gasteiger partial charge in [-0.2, -0.15) is 5.10 Å². The maximum atomic E-state index is 12.3. The molecule has 0 radical (unpaired) electrons. The summed E-state index contributed by atoms with van der Waals surface area (Å²) in [7, 11) is 0. The smallest absolute Gasteiger partial charge is 0.256 e. The minimum Gasteiger partial charge on any atom is -0.319 e. The molecule has 0 unspecified atom stereocenters. The minimum atomic E-state index is -0.0868. The molecule has 2 heterocycles. The lowest BCUT2D eigenvalue weighted by atomic mass is 10.1. The van der Waals surface area contributed by atoms with Crippen LogP contribution in [-0.4, -0.2) is 15.7 Å². The van der Waals surface area contributed by atoms with E-state index in [1.807, 2.05) is 16.3 Å². The molecule has 2 aromatic rings. The van der Waals surface area contributed by atoms with E-state index in [0.29, 0.717) is 0 Å². The quantitative estimate of drug-likeness (QED) is 0.934. The average molecular weight is 291 g/mol. The topological polar surface area (TPSA) is 46.9 Å². The first-order chi connectivity index (χ1) is 9.32. The average Bonchev–Trinajstić information content (AvgIpc) is 2.94. The standard InChI is InChI=1S/C15H21N3OS/c1-6-12-10(2)20-9-13(12)14(19)17-11-7-16-18(8-11)15(3,4)5/h7-9H,6H2,1-5H3,(H,17,19). The van der Waals surface area contributed by atoms with Crippen LogP contribution in [0.25, 0.3) is 0 Å². The first-order valence-corrected chi connectivity index (χ1v) is 7.64. The molecule has 108 valence electrons. The molecule has 0 aliphatic carbocycles. The maximum Gasteiger partial charge on any atom is 0.256 e. The number of nitrogens with zero attached hydrogens (tertiary/aromatic N) is 2. The van der Waals surface area contributed by atoms with Crippen molar-refractivity contribution in [3.05, 3.63) is 33.8 Å². The predicted octanol–water partition coefficient (Wildman–Crippen LogP) is 3.82. The van der Waals surface area contributed by atoms with Gasteiger partial charge >= 0.3 is 0 Å². The number of amides is 1. The molecule has 2 aromatic heterocycles. The van der Waals surface area contributed by atoms with Gasteiger partial charge in [0, 0.05) is 16.5 Å². The van der Waals surface area contributed by atoms with Gasteiger partial charge in [0.1, 0.15) is 0 Å². The van der Waals surface area contributed by atoms with E-state index in [0.717, 1.165) is 23.2 Å². The van der Waals surface area contributed by atoms with E-state index in [1.165, 1.54) is 4.88 Å². The third kappa shape index (κ3) is 2.93. The largest absolute Gasteiger partial charge is 0.319 e. The fraction of sp³-hybridized carbons (Fsp3) is 0.467. The predicted molar refractivity (Wildman–Crippen MR) is 83.6 cm³/mol. The number of hydrogen-bond acceptors (Lipinski definition) is 3. The zero-order chi connectivity index (χ0) is 14.9. The Morgan fingerprint density at radius 3 is 2.70 bits per heavy atom. The van der Waals surface area contributed by atoms with E-state index in [1.54, 1.807) is 17.5 Å². The van der Waals surface area contributed by atoms with Crippen LogP contribution in [0.4, 0.5) is 5.69 Å². The molecule has 0 saturated heterocycles. The fourth-order valence-corrected chi connectivity index (χ4v) is 3.00. The van der Waals surface area contributed by atoms with Crippen LogP contribution in [0.3, 0.4) is 0 Å². The van der Waals surface area contributed by atoms with Crippen molar-refractivity contribution in [3.63, 3.8) is 0 Å². The van der Waals surface area contributed by atoms with Gasteiger partial charge in [0.15, 0.2) is 0 Å². The number of rotatable bonds is 3. The highest BCUT2D eigenvalue weighted by molar-refractivity contribution is 7.10. The number of nitrogens with one attached hydrogen (secondary N) is 1. The van der Waals surface area contributed by atoms with Gasteiger partial charge in [-0.25, -0.2) is 0 Å². The highest BCUT2D eigenvalue weighted by Gasteiger charge is 2.17. The molecular formula is C15H21N3OS. The van der Waals surface area contributed by atoms with Crippen molar-refractivity contribution in [2.45, 2.75) is 46.6 Å². The lowest BCUT2D eigenvalue weighted by Crippen LogP contribution is -2.22. The fourth-order valence-electron chi connectivity index (χ4n) is 2.06. The summed E-state index contributed by atoms with van der Waals surface area (Å²) in [5.41, 5.74) is 2.56. The number of aromatic nitrogens is 2. The summed E-state index contributed by atoms with van der Waals surface area (Å²) in [6.45, 7) is 10.3. The molecule has 0 bridgehead atoms. The summed E-state index contributed by atoms with van der Waals surface area (Å²) in [5.74, 6) is -0.0559. The first kappa shape index (κ1) is 14.8. The second kappa shape index (κ2) is 5.40. The van der Waals surface area contributed by atoms with Crippen molar-refractivity contribution >= 4 is 22.9 Å². The Balaban J connectivity index is 2.18. The third-order valence-electron chi connectivity index (χ3n) is 3.23. The Bertz CT molecular complexity index is 619. The monoisotopic (exact) mass is 291 g/mol.